The van der Waals surface area contributed by atoms with Crippen LogP contribution in [0.25, 0.3) is 10.9 Å². The lowest BCUT2D eigenvalue weighted by Crippen LogP contribution is -2.33. The topological polar surface area (TPSA) is 50.4 Å². The third kappa shape index (κ3) is 9.35. The number of rotatable bonds is 16. The van der Waals surface area contributed by atoms with E-state index in [4.69, 9.17) is 4.74 Å². The number of esters is 1. The second kappa shape index (κ2) is 15.2. The standard InChI is InChI=1S/C31H41NO3/c1-26-25-28(33)20-21-29(26)31(34)35-24-15-11-9-7-5-3-2-4-6-8-10-14-22-32-23-16-18-27-17-12-13-19-30(27)32/h12-13,16-21,23,25H,2-11,14-15,22,24H2,1H3/p+1. The van der Waals surface area contributed by atoms with E-state index in [-0.39, 0.29) is 11.7 Å². The van der Waals surface area contributed by atoms with Crippen LogP contribution in [-0.2, 0) is 11.3 Å². The Labute approximate surface area is 211 Å². The van der Waals surface area contributed by atoms with Gasteiger partial charge < -0.3 is 9.84 Å². The summed E-state index contributed by atoms with van der Waals surface area (Å²) >= 11 is 0. The minimum atomic E-state index is -0.296. The number of ether oxygens (including phenoxy) is 1. The largest absolute Gasteiger partial charge is 0.508 e. The fraction of sp³-hybridized carbons (Fsp3) is 0.484. The zero-order valence-electron chi connectivity index (χ0n) is 21.4. The van der Waals surface area contributed by atoms with E-state index >= 15 is 0 Å². The second-order valence-corrected chi connectivity index (χ2v) is 9.64. The van der Waals surface area contributed by atoms with Gasteiger partial charge in [0.2, 0.25) is 5.52 Å². The van der Waals surface area contributed by atoms with Gasteiger partial charge >= 0.3 is 5.97 Å². The molecule has 0 aliphatic rings. The van der Waals surface area contributed by atoms with Gasteiger partial charge in [0.15, 0.2) is 6.20 Å². The molecule has 1 aromatic heterocycles. The predicted molar refractivity (Wildman–Crippen MR) is 143 cm³/mol. The fourth-order valence-electron chi connectivity index (χ4n) is 4.69. The van der Waals surface area contributed by atoms with Crippen molar-refractivity contribution in [1.82, 2.24) is 0 Å². The first-order chi connectivity index (χ1) is 17.1. The molecule has 0 radical (unpaired) electrons. The summed E-state index contributed by atoms with van der Waals surface area (Å²) in [4.78, 5) is 12.1. The van der Waals surface area contributed by atoms with Crippen LogP contribution < -0.4 is 4.57 Å². The molecular formula is C31H42NO3+. The van der Waals surface area contributed by atoms with Gasteiger partial charge in [-0.15, -0.1) is 0 Å². The molecule has 0 unspecified atom stereocenters. The number of hydrogen-bond acceptors (Lipinski definition) is 3. The van der Waals surface area contributed by atoms with Gasteiger partial charge in [0.25, 0.3) is 0 Å². The molecule has 3 aromatic rings. The number of benzene rings is 2. The summed E-state index contributed by atoms with van der Waals surface area (Å²) in [5, 5.41) is 10.8. The predicted octanol–water partition coefficient (Wildman–Crippen LogP) is 7.68. The number of nitrogens with zero attached hydrogens (tertiary/aromatic N) is 1. The number of aromatic nitrogens is 1. The van der Waals surface area contributed by atoms with Crippen LogP contribution in [0.3, 0.4) is 0 Å². The van der Waals surface area contributed by atoms with Gasteiger partial charge in [0.1, 0.15) is 12.3 Å². The number of aromatic hydroxyl groups is 1. The Hall–Kier alpha value is -2.88. The number of unbranched alkanes of at least 4 members (excludes halogenated alkanes) is 11. The minimum Gasteiger partial charge on any atom is -0.508 e. The minimum absolute atomic E-state index is 0.172. The number of phenolic OH excluding ortho intramolecular Hbond substituents is 1. The Kier molecular flexibility index (Phi) is 11.6. The molecule has 0 amide bonds. The number of para-hydroxylation sites is 1. The van der Waals surface area contributed by atoms with E-state index in [1.54, 1.807) is 12.1 Å². The summed E-state index contributed by atoms with van der Waals surface area (Å²) in [7, 11) is 0. The monoisotopic (exact) mass is 476 g/mol. The van der Waals surface area contributed by atoms with E-state index in [9.17, 15) is 9.90 Å². The first kappa shape index (κ1) is 26.7. The number of fused-ring (bicyclic) bond motifs is 1. The van der Waals surface area contributed by atoms with E-state index in [1.165, 1.54) is 81.2 Å². The van der Waals surface area contributed by atoms with E-state index in [0.29, 0.717) is 12.2 Å². The van der Waals surface area contributed by atoms with Crippen molar-refractivity contribution in [2.45, 2.75) is 90.5 Å². The quantitative estimate of drug-likeness (QED) is 0.131. The Morgan fingerprint density at radius 1 is 0.771 bits per heavy atom. The number of pyridine rings is 1. The molecular weight excluding hydrogens is 434 g/mol. The average Bonchev–Trinajstić information content (AvgIpc) is 2.86. The molecule has 0 atom stereocenters. The highest BCUT2D eigenvalue weighted by Crippen LogP contribution is 2.17. The molecule has 0 bridgehead atoms. The van der Waals surface area contributed by atoms with Crippen molar-refractivity contribution in [1.29, 1.82) is 0 Å². The summed E-state index contributed by atoms with van der Waals surface area (Å²) in [6.07, 6.45) is 17.3. The molecule has 4 heteroatoms. The first-order valence-electron chi connectivity index (χ1n) is 13.5. The van der Waals surface area contributed by atoms with Crippen LogP contribution in [0.2, 0.25) is 0 Å². The zero-order chi connectivity index (χ0) is 24.7. The molecule has 4 nitrogen and oxygen atoms in total. The fourth-order valence-corrected chi connectivity index (χ4v) is 4.69. The summed E-state index contributed by atoms with van der Waals surface area (Å²) in [5.41, 5.74) is 2.61. The van der Waals surface area contributed by atoms with Crippen molar-refractivity contribution in [2.24, 2.45) is 0 Å². The Bertz CT molecular complexity index is 1040. The van der Waals surface area contributed by atoms with E-state index in [1.807, 2.05) is 6.92 Å². The summed E-state index contributed by atoms with van der Waals surface area (Å²) in [5.74, 6) is -0.124. The molecule has 1 N–H and O–H groups in total. The van der Waals surface area contributed by atoms with Crippen LogP contribution >= 0.6 is 0 Å². The third-order valence-corrected chi connectivity index (χ3v) is 6.74. The van der Waals surface area contributed by atoms with Crippen molar-refractivity contribution >= 4 is 16.9 Å². The number of carbonyl (C=O) groups excluding carboxylic acids is 1. The lowest BCUT2D eigenvalue weighted by molar-refractivity contribution is -0.671. The van der Waals surface area contributed by atoms with Crippen LogP contribution in [0.4, 0.5) is 0 Å². The van der Waals surface area contributed by atoms with Crippen LogP contribution in [0.5, 0.6) is 5.75 Å². The average molecular weight is 477 g/mol. The van der Waals surface area contributed by atoms with Crippen molar-refractivity contribution in [3.05, 3.63) is 71.9 Å². The molecule has 1 heterocycles. The van der Waals surface area contributed by atoms with Gasteiger partial charge in [-0.25, -0.2) is 4.79 Å². The van der Waals surface area contributed by atoms with Gasteiger partial charge in [-0.3, -0.25) is 0 Å². The molecule has 3 rings (SSSR count). The van der Waals surface area contributed by atoms with Gasteiger partial charge in [-0.05, 0) is 55.7 Å². The number of carbonyl (C=O) groups is 1. The van der Waals surface area contributed by atoms with Gasteiger partial charge in [0, 0.05) is 23.9 Å². The Morgan fingerprint density at radius 3 is 2.06 bits per heavy atom. The maximum Gasteiger partial charge on any atom is 0.338 e. The van der Waals surface area contributed by atoms with Gasteiger partial charge in [0.05, 0.1) is 12.2 Å². The maximum atomic E-state index is 12.1. The van der Waals surface area contributed by atoms with E-state index in [2.05, 4.69) is 47.2 Å². The van der Waals surface area contributed by atoms with Crippen molar-refractivity contribution in [3.63, 3.8) is 0 Å². The SMILES string of the molecule is Cc1cc(O)ccc1C(=O)OCCCCCCCCCCCCCC[n+]1cccc2ccccc21. The first-order valence-corrected chi connectivity index (χ1v) is 13.5. The summed E-state index contributed by atoms with van der Waals surface area (Å²) in [6, 6.07) is 17.7. The highest BCUT2D eigenvalue weighted by atomic mass is 16.5. The summed E-state index contributed by atoms with van der Waals surface area (Å²) < 4.78 is 7.76. The molecule has 188 valence electrons. The highest BCUT2D eigenvalue weighted by Gasteiger charge is 2.10. The van der Waals surface area contributed by atoms with Crippen LogP contribution in [-0.4, -0.2) is 17.7 Å². The van der Waals surface area contributed by atoms with Crippen molar-refractivity contribution in [3.8, 4) is 5.75 Å². The molecule has 0 saturated heterocycles. The number of hydrogen-bond donors (Lipinski definition) is 1. The molecule has 35 heavy (non-hydrogen) atoms. The summed E-state index contributed by atoms with van der Waals surface area (Å²) in [6.45, 7) is 3.39. The molecule has 0 saturated carbocycles. The normalized spacial score (nSPS) is 11.1. The molecule has 0 aliphatic carbocycles. The Balaban J connectivity index is 1.10. The number of phenols is 1. The lowest BCUT2D eigenvalue weighted by Gasteiger charge is -2.07. The molecule has 0 aliphatic heterocycles. The zero-order valence-corrected chi connectivity index (χ0v) is 21.4. The lowest BCUT2D eigenvalue weighted by atomic mass is 10.1. The molecule has 0 fully saturated rings. The van der Waals surface area contributed by atoms with Gasteiger partial charge in [-0.1, -0.05) is 69.9 Å². The molecule has 2 aromatic carbocycles. The molecule has 0 spiro atoms. The van der Waals surface area contributed by atoms with Crippen LogP contribution in [0.15, 0.2) is 60.8 Å². The van der Waals surface area contributed by atoms with Crippen molar-refractivity contribution < 1.29 is 19.2 Å². The van der Waals surface area contributed by atoms with E-state index < -0.39 is 0 Å². The highest BCUT2D eigenvalue weighted by molar-refractivity contribution is 5.91. The third-order valence-electron chi connectivity index (χ3n) is 6.74. The van der Waals surface area contributed by atoms with Crippen LogP contribution in [0, 0.1) is 6.92 Å². The van der Waals surface area contributed by atoms with E-state index in [0.717, 1.165) is 24.9 Å². The van der Waals surface area contributed by atoms with Gasteiger partial charge in [-0.2, -0.15) is 4.57 Å². The number of aryl methyl sites for hydroxylation is 2. The Morgan fingerprint density at radius 2 is 1.37 bits per heavy atom. The van der Waals surface area contributed by atoms with Crippen LogP contribution in [0.1, 0.15) is 93.0 Å². The second-order valence-electron chi connectivity index (χ2n) is 9.64. The van der Waals surface area contributed by atoms with Crippen molar-refractivity contribution in [2.75, 3.05) is 6.61 Å². The smallest absolute Gasteiger partial charge is 0.338 e. The maximum absolute atomic E-state index is 12.1.